The molecular weight excluding hydrogens is 242 g/mol. The summed E-state index contributed by atoms with van der Waals surface area (Å²) < 4.78 is 5.26. The van der Waals surface area contributed by atoms with Crippen molar-refractivity contribution >= 4 is 5.91 Å². The van der Waals surface area contributed by atoms with Gasteiger partial charge in [-0.15, -0.1) is 0 Å². The van der Waals surface area contributed by atoms with Gasteiger partial charge < -0.3 is 15.2 Å². The summed E-state index contributed by atoms with van der Waals surface area (Å²) >= 11 is 0. The summed E-state index contributed by atoms with van der Waals surface area (Å²) in [7, 11) is 1.61. The largest absolute Gasteiger partial charge is 0.496 e. The highest BCUT2D eigenvalue weighted by molar-refractivity contribution is 5.79. The Morgan fingerprint density at radius 3 is 2.84 bits per heavy atom. The van der Waals surface area contributed by atoms with E-state index in [0.29, 0.717) is 18.9 Å². The fourth-order valence-corrected chi connectivity index (χ4v) is 2.41. The van der Waals surface area contributed by atoms with Crippen molar-refractivity contribution in [3.63, 3.8) is 0 Å². The van der Waals surface area contributed by atoms with Crippen LogP contribution in [0.25, 0.3) is 0 Å². The number of aliphatic hydroxyl groups is 1. The van der Waals surface area contributed by atoms with Crippen molar-refractivity contribution in [2.75, 3.05) is 13.7 Å². The predicted octanol–water partition coefficient (Wildman–Crippen LogP) is 1.43. The molecule has 0 atom stereocenters. The zero-order valence-corrected chi connectivity index (χ0v) is 11.5. The van der Waals surface area contributed by atoms with Crippen molar-refractivity contribution in [3.05, 3.63) is 29.3 Å². The topological polar surface area (TPSA) is 58.6 Å². The van der Waals surface area contributed by atoms with Crippen LogP contribution in [0.1, 0.15) is 24.0 Å². The van der Waals surface area contributed by atoms with Crippen LogP contribution in [0, 0.1) is 12.8 Å². The van der Waals surface area contributed by atoms with Crippen molar-refractivity contribution in [3.8, 4) is 5.75 Å². The summed E-state index contributed by atoms with van der Waals surface area (Å²) in [5.74, 6) is 1.18. The molecule has 0 aliphatic heterocycles. The Hall–Kier alpha value is -1.55. The molecule has 0 saturated heterocycles. The minimum absolute atomic E-state index is 0.00490. The second-order valence-corrected chi connectivity index (χ2v) is 5.29. The van der Waals surface area contributed by atoms with E-state index in [4.69, 9.17) is 4.74 Å². The van der Waals surface area contributed by atoms with Crippen molar-refractivity contribution in [2.45, 2.75) is 32.3 Å². The highest BCUT2D eigenvalue weighted by atomic mass is 16.5. The number of aliphatic hydroxyl groups excluding tert-OH is 1. The fraction of sp³-hybridized carbons (Fsp3) is 0.533. The van der Waals surface area contributed by atoms with Crippen LogP contribution in [0.15, 0.2) is 18.2 Å². The number of nitrogens with one attached hydrogen (secondary N) is 1. The lowest BCUT2D eigenvalue weighted by molar-refractivity contribution is -0.121. The number of aryl methyl sites for hydroxylation is 1. The van der Waals surface area contributed by atoms with Gasteiger partial charge >= 0.3 is 0 Å². The van der Waals surface area contributed by atoms with Gasteiger partial charge in [-0.05, 0) is 31.7 Å². The Morgan fingerprint density at radius 2 is 2.21 bits per heavy atom. The number of rotatable bonds is 5. The molecule has 1 fully saturated rings. The molecule has 4 nitrogen and oxygen atoms in total. The molecule has 1 saturated carbocycles. The lowest BCUT2D eigenvalue weighted by atomic mass is 9.82. The number of benzene rings is 1. The molecule has 1 aliphatic rings. The SMILES string of the molecule is COc1ccc(C)cc1CC(=O)NCC1CC(O)C1. The molecule has 19 heavy (non-hydrogen) atoms. The van der Waals surface area contributed by atoms with Crippen molar-refractivity contribution < 1.29 is 14.6 Å². The van der Waals surface area contributed by atoms with E-state index in [1.54, 1.807) is 7.11 Å². The van der Waals surface area contributed by atoms with E-state index < -0.39 is 0 Å². The first kappa shape index (κ1) is 13.9. The zero-order chi connectivity index (χ0) is 13.8. The maximum atomic E-state index is 11.9. The molecular formula is C15H21NO3. The molecule has 2 rings (SSSR count). The second-order valence-electron chi connectivity index (χ2n) is 5.29. The van der Waals surface area contributed by atoms with E-state index >= 15 is 0 Å². The first-order chi connectivity index (χ1) is 9.08. The minimum Gasteiger partial charge on any atom is -0.496 e. The second kappa shape index (κ2) is 6.06. The number of hydrogen-bond acceptors (Lipinski definition) is 3. The van der Waals surface area contributed by atoms with Crippen LogP contribution in [0.2, 0.25) is 0 Å². The molecule has 0 aromatic heterocycles. The normalized spacial score (nSPS) is 21.6. The smallest absolute Gasteiger partial charge is 0.224 e. The standard InChI is InChI=1S/C15H21NO3/c1-10-3-4-14(19-2)12(5-10)8-15(18)16-9-11-6-13(17)7-11/h3-5,11,13,17H,6-9H2,1-2H3,(H,16,18). The van der Waals surface area contributed by atoms with E-state index in [0.717, 1.165) is 29.7 Å². The van der Waals surface area contributed by atoms with Gasteiger partial charge in [0.05, 0.1) is 19.6 Å². The third kappa shape index (κ3) is 3.70. The monoisotopic (exact) mass is 263 g/mol. The predicted molar refractivity (Wildman–Crippen MR) is 73.2 cm³/mol. The molecule has 4 heteroatoms. The van der Waals surface area contributed by atoms with Crippen molar-refractivity contribution in [1.29, 1.82) is 0 Å². The Bertz CT molecular complexity index is 453. The number of methoxy groups -OCH3 is 1. The summed E-state index contributed by atoms with van der Waals surface area (Å²) in [4.78, 5) is 11.9. The number of carbonyl (C=O) groups excluding carboxylic acids is 1. The summed E-state index contributed by atoms with van der Waals surface area (Å²) in [5.41, 5.74) is 2.03. The molecule has 0 radical (unpaired) electrons. The van der Waals surface area contributed by atoms with Crippen LogP contribution in [0.5, 0.6) is 5.75 Å². The highest BCUT2D eigenvalue weighted by Crippen LogP contribution is 2.26. The van der Waals surface area contributed by atoms with E-state index in [-0.39, 0.29) is 12.0 Å². The summed E-state index contributed by atoms with van der Waals surface area (Å²) in [5, 5.41) is 12.1. The lowest BCUT2D eigenvalue weighted by Gasteiger charge is -2.31. The van der Waals surface area contributed by atoms with E-state index in [9.17, 15) is 9.90 Å². The number of hydrogen-bond donors (Lipinski definition) is 2. The zero-order valence-electron chi connectivity index (χ0n) is 11.5. The molecule has 1 aliphatic carbocycles. The van der Waals surface area contributed by atoms with Crippen molar-refractivity contribution in [1.82, 2.24) is 5.32 Å². The van der Waals surface area contributed by atoms with Crippen LogP contribution >= 0.6 is 0 Å². The lowest BCUT2D eigenvalue weighted by Crippen LogP contribution is -2.38. The first-order valence-corrected chi connectivity index (χ1v) is 6.66. The van der Waals surface area contributed by atoms with Gasteiger partial charge in [0.25, 0.3) is 0 Å². The maximum Gasteiger partial charge on any atom is 0.224 e. The summed E-state index contributed by atoms with van der Waals surface area (Å²) in [6.07, 6.45) is 1.76. The average Bonchev–Trinajstić information content (AvgIpc) is 2.33. The first-order valence-electron chi connectivity index (χ1n) is 6.66. The van der Waals surface area contributed by atoms with Gasteiger partial charge in [-0.3, -0.25) is 4.79 Å². The van der Waals surface area contributed by atoms with Crippen molar-refractivity contribution in [2.24, 2.45) is 5.92 Å². The maximum absolute atomic E-state index is 11.9. The van der Waals surface area contributed by atoms with Gasteiger partial charge in [0.1, 0.15) is 5.75 Å². The third-order valence-electron chi connectivity index (χ3n) is 3.59. The summed E-state index contributed by atoms with van der Waals surface area (Å²) in [6, 6.07) is 5.84. The number of ether oxygens (including phenoxy) is 1. The van der Waals surface area contributed by atoms with Gasteiger partial charge in [0.2, 0.25) is 5.91 Å². The molecule has 104 valence electrons. The molecule has 1 aromatic carbocycles. The molecule has 1 aromatic rings. The van der Waals surface area contributed by atoms with Gasteiger partial charge in [0, 0.05) is 12.1 Å². The van der Waals surface area contributed by atoms with Crippen LogP contribution in [0.3, 0.4) is 0 Å². The van der Waals surface area contributed by atoms with E-state index in [2.05, 4.69) is 5.32 Å². The van der Waals surface area contributed by atoms with E-state index in [1.165, 1.54) is 0 Å². The van der Waals surface area contributed by atoms with Crippen LogP contribution in [-0.2, 0) is 11.2 Å². The Labute approximate surface area is 113 Å². The van der Waals surface area contributed by atoms with Crippen LogP contribution in [0.4, 0.5) is 0 Å². The minimum atomic E-state index is -0.168. The molecule has 0 bridgehead atoms. The van der Waals surface area contributed by atoms with E-state index in [1.807, 2.05) is 25.1 Å². The average molecular weight is 263 g/mol. The fourth-order valence-electron chi connectivity index (χ4n) is 2.41. The Morgan fingerprint density at radius 1 is 1.47 bits per heavy atom. The molecule has 0 unspecified atom stereocenters. The van der Waals surface area contributed by atoms with Gasteiger partial charge in [0.15, 0.2) is 0 Å². The summed E-state index contributed by atoms with van der Waals surface area (Å²) in [6.45, 7) is 2.65. The van der Waals surface area contributed by atoms with Crippen LogP contribution in [-0.4, -0.2) is 30.8 Å². The molecule has 2 N–H and O–H groups in total. The third-order valence-corrected chi connectivity index (χ3v) is 3.59. The Balaban J connectivity index is 1.86. The number of carbonyl (C=O) groups is 1. The highest BCUT2D eigenvalue weighted by Gasteiger charge is 2.27. The quantitative estimate of drug-likeness (QED) is 0.845. The van der Waals surface area contributed by atoms with Gasteiger partial charge in [-0.25, -0.2) is 0 Å². The Kier molecular flexibility index (Phi) is 4.43. The molecule has 0 spiro atoms. The van der Waals surface area contributed by atoms with Crippen LogP contribution < -0.4 is 10.1 Å². The number of amides is 1. The van der Waals surface area contributed by atoms with Gasteiger partial charge in [-0.1, -0.05) is 17.7 Å². The molecule has 0 heterocycles. The van der Waals surface area contributed by atoms with Gasteiger partial charge in [-0.2, -0.15) is 0 Å². The molecule has 1 amide bonds.